The Morgan fingerprint density at radius 1 is 1.00 bits per heavy atom. The van der Waals surface area contributed by atoms with Crippen LogP contribution in [0.3, 0.4) is 0 Å². The smallest absolute Gasteiger partial charge is 0.272 e. The van der Waals surface area contributed by atoms with Crippen molar-refractivity contribution in [3.63, 3.8) is 0 Å². The summed E-state index contributed by atoms with van der Waals surface area (Å²) in [5, 5.41) is 3.16. The second kappa shape index (κ2) is 7.62. The SMILES string of the molecule is O=C(NC(CN1CCCC1)c1ccccc1)c1cnc2ccccc2n1. The standard InChI is InChI=1S/C21H22N4O/c26-21(19-14-22-17-10-4-5-11-18(17)23-19)24-20(15-25-12-6-7-13-25)16-8-2-1-3-9-16/h1-5,8-11,14,20H,6-7,12-13,15H2,(H,24,26). The molecule has 5 heteroatoms. The van der Waals surface area contributed by atoms with E-state index in [-0.39, 0.29) is 11.9 Å². The fourth-order valence-corrected chi connectivity index (χ4v) is 3.44. The van der Waals surface area contributed by atoms with Gasteiger partial charge in [-0.05, 0) is 43.6 Å². The number of hydrogen-bond donors (Lipinski definition) is 1. The minimum atomic E-state index is -0.184. The van der Waals surface area contributed by atoms with E-state index >= 15 is 0 Å². The Labute approximate surface area is 153 Å². The molecule has 0 aliphatic carbocycles. The van der Waals surface area contributed by atoms with Crippen molar-refractivity contribution < 1.29 is 4.79 Å². The van der Waals surface area contributed by atoms with Gasteiger partial charge in [0.2, 0.25) is 0 Å². The molecule has 1 aliphatic rings. The zero-order valence-corrected chi connectivity index (χ0v) is 14.6. The van der Waals surface area contributed by atoms with Gasteiger partial charge in [0.25, 0.3) is 5.91 Å². The Balaban J connectivity index is 1.56. The Hall–Kier alpha value is -2.79. The number of benzene rings is 2. The first kappa shape index (κ1) is 16.7. The largest absolute Gasteiger partial charge is 0.343 e. The van der Waals surface area contributed by atoms with Crippen LogP contribution in [0.15, 0.2) is 60.8 Å². The van der Waals surface area contributed by atoms with Gasteiger partial charge in [-0.25, -0.2) is 4.98 Å². The van der Waals surface area contributed by atoms with Crippen LogP contribution in [0, 0.1) is 0 Å². The summed E-state index contributed by atoms with van der Waals surface area (Å²) in [6.45, 7) is 3.00. The van der Waals surface area contributed by atoms with Crippen molar-refractivity contribution in [2.45, 2.75) is 18.9 Å². The molecular weight excluding hydrogens is 324 g/mol. The summed E-state index contributed by atoms with van der Waals surface area (Å²) in [5.41, 5.74) is 2.99. The lowest BCUT2D eigenvalue weighted by molar-refractivity contribution is 0.0922. The van der Waals surface area contributed by atoms with Crippen molar-refractivity contribution in [1.29, 1.82) is 0 Å². The molecule has 1 saturated heterocycles. The first-order valence-electron chi connectivity index (χ1n) is 9.09. The first-order chi connectivity index (χ1) is 12.8. The highest BCUT2D eigenvalue weighted by molar-refractivity contribution is 5.94. The monoisotopic (exact) mass is 346 g/mol. The topological polar surface area (TPSA) is 58.1 Å². The maximum atomic E-state index is 12.8. The molecule has 1 fully saturated rings. The Kier molecular flexibility index (Phi) is 4.88. The molecule has 26 heavy (non-hydrogen) atoms. The van der Waals surface area contributed by atoms with E-state index < -0.39 is 0 Å². The van der Waals surface area contributed by atoms with Crippen LogP contribution >= 0.6 is 0 Å². The van der Waals surface area contributed by atoms with Gasteiger partial charge in [0, 0.05) is 6.54 Å². The lowest BCUT2D eigenvalue weighted by Gasteiger charge is -2.24. The highest BCUT2D eigenvalue weighted by Crippen LogP contribution is 2.18. The molecule has 3 aromatic rings. The molecule has 4 rings (SSSR count). The second-order valence-corrected chi connectivity index (χ2v) is 6.69. The van der Waals surface area contributed by atoms with E-state index in [2.05, 4.69) is 32.3 Å². The number of nitrogens with one attached hydrogen (secondary N) is 1. The molecule has 2 aromatic carbocycles. The molecule has 0 bridgehead atoms. The van der Waals surface area contributed by atoms with Gasteiger partial charge in [-0.2, -0.15) is 0 Å². The Morgan fingerprint density at radius 3 is 2.46 bits per heavy atom. The summed E-state index contributed by atoms with van der Waals surface area (Å²) in [6.07, 6.45) is 4.01. The van der Waals surface area contributed by atoms with E-state index in [1.165, 1.54) is 12.8 Å². The summed E-state index contributed by atoms with van der Waals surface area (Å²) < 4.78 is 0. The van der Waals surface area contributed by atoms with Crippen LogP contribution in [-0.2, 0) is 0 Å². The van der Waals surface area contributed by atoms with Crippen molar-refractivity contribution in [2.24, 2.45) is 0 Å². The average Bonchev–Trinajstić information content (AvgIpc) is 3.21. The number of rotatable bonds is 5. The van der Waals surface area contributed by atoms with Gasteiger partial charge in [0.15, 0.2) is 0 Å². The lowest BCUT2D eigenvalue weighted by atomic mass is 10.1. The molecule has 2 heterocycles. The maximum absolute atomic E-state index is 12.8. The third-order valence-corrected chi connectivity index (χ3v) is 4.83. The van der Waals surface area contributed by atoms with Gasteiger partial charge in [-0.1, -0.05) is 42.5 Å². The van der Waals surface area contributed by atoms with Crippen molar-refractivity contribution in [2.75, 3.05) is 19.6 Å². The van der Waals surface area contributed by atoms with Gasteiger partial charge < -0.3 is 10.2 Å². The van der Waals surface area contributed by atoms with Gasteiger partial charge in [0.05, 0.1) is 23.3 Å². The van der Waals surface area contributed by atoms with E-state index in [4.69, 9.17) is 0 Å². The Bertz CT molecular complexity index is 891. The molecule has 1 unspecified atom stereocenters. The van der Waals surface area contributed by atoms with Gasteiger partial charge >= 0.3 is 0 Å². The predicted octanol–water partition coefficient (Wildman–Crippen LogP) is 3.20. The van der Waals surface area contributed by atoms with E-state index in [0.29, 0.717) is 5.69 Å². The van der Waals surface area contributed by atoms with Crippen LogP contribution in [0.4, 0.5) is 0 Å². The number of nitrogens with zero attached hydrogens (tertiary/aromatic N) is 3. The number of carbonyl (C=O) groups is 1. The molecule has 5 nitrogen and oxygen atoms in total. The molecule has 1 aromatic heterocycles. The zero-order chi connectivity index (χ0) is 17.8. The Morgan fingerprint density at radius 2 is 1.69 bits per heavy atom. The van der Waals surface area contributed by atoms with Crippen LogP contribution in [-0.4, -0.2) is 40.4 Å². The van der Waals surface area contributed by atoms with E-state index in [0.717, 1.165) is 36.2 Å². The molecule has 1 aliphatic heterocycles. The van der Waals surface area contributed by atoms with Crippen molar-refractivity contribution in [3.8, 4) is 0 Å². The number of para-hydroxylation sites is 2. The third kappa shape index (κ3) is 3.73. The number of likely N-dealkylation sites (tertiary alicyclic amines) is 1. The van der Waals surface area contributed by atoms with E-state index in [1.807, 2.05) is 42.5 Å². The maximum Gasteiger partial charge on any atom is 0.272 e. The van der Waals surface area contributed by atoms with Crippen molar-refractivity contribution in [3.05, 3.63) is 72.1 Å². The third-order valence-electron chi connectivity index (χ3n) is 4.83. The summed E-state index contributed by atoms with van der Waals surface area (Å²) in [5.74, 6) is -0.184. The van der Waals surface area contributed by atoms with Crippen LogP contribution < -0.4 is 5.32 Å². The fraction of sp³-hybridized carbons (Fsp3) is 0.286. The summed E-state index contributed by atoms with van der Waals surface area (Å²) in [4.78, 5) is 24.0. The molecule has 1 amide bonds. The second-order valence-electron chi connectivity index (χ2n) is 6.69. The molecule has 132 valence electrons. The molecular formula is C21H22N4O. The lowest BCUT2D eigenvalue weighted by Crippen LogP contribution is -2.37. The van der Waals surface area contributed by atoms with E-state index in [9.17, 15) is 4.79 Å². The van der Waals surface area contributed by atoms with Crippen molar-refractivity contribution in [1.82, 2.24) is 20.2 Å². The average molecular weight is 346 g/mol. The summed E-state index contributed by atoms with van der Waals surface area (Å²) >= 11 is 0. The number of hydrogen-bond acceptors (Lipinski definition) is 4. The normalized spacial score (nSPS) is 15.8. The van der Waals surface area contributed by atoms with Crippen molar-refractivity contribution >= 4 is 16.9 Å². The summed E-state index contributed by atoms with van der Waals surface area (Å²) in [7, 11) is 0. The predicted molar refractivity (Wildman–Crippen MR) is 102 cm³/mol. The van der Waals surface area contributed by atoms with Crippen LogP contribution in [0.2, 0.25) is 0 Å². The van der Waals surface area contributed by atoms with E-state index in [1.54, 1.807) is 6.20 Å². The number of fused-ring (bicyclic) bond motifs is 1. The van der Waals surface area contributed by atoms with Crippen LogP contribution in [0.25, 0.3) is 11.0 Å². The van der Waals surface area contributed by atoms with Gasteiger partial charge in [-0.15, -0.1) is 0 Å². The van der Waals surface area contributed by atoms with Gasteiger partial charge in [-0.3, -0.25) is 9.78 Å². The molecule has 0 spiro atoms. The highest BCUT2D eigenvalue weighted by Gasteiger charge is 2.21. The van der Waals surface area contributed by atoms with Crippen LogP contribution in [0.1, 0.15) is 34.9 Å². The molecule has 1 atom stereocenters. The minimum Gasteiger partial charge on any atom is -0.343 e. The minimum absolute atomic E-state index is 0.0601. The summed E-state index contributed by atoms with van der Waals surface area (Å²) in [6, 6.07) is 17.7. The number of carbonyl (C=O) groups excluding carboxylic acids is 1. The molecule has 0 radical (unpaired) electrons. The quantitative estimate of drug-likeness (QED) is 0.771. The number of amides is 1. The van der Waals surface area contributed by atoms with Gasteiger partial charge in [0.1, 0.15) is 5.69 Å². The zero-order valence-electron chi connectivity index (χ0n) is 14.6. The molecule has 1 N–H and O–H groups in total. The fourth-order valence-electron chi connectivity index (χ4n) is 3.44. The van der Waals surface area contributed by atoms with Crippen LogP contribution in [0.5, 0.6) is 0 Å². The number of aromatic nitrogens is 2. The molecule has 0 saturated carbocycles. The first-order valence-corrected chi connectivity index (χ1v) is 9.09. The highest BCUT2D eigenvalue weighted by atomic mass is 16.2.